The third-order valence-corrected chi connectivity index (χ3v) is 6.28. The van der Waals surface area contributed by atoms with Gasteiger partial charge in [-0.15, -0.1) is 24.0 Å². The number of guanidine groups is 1. The summed E-state index contributed by atoms with van der Waals surface area (Å²) in [4.78, 5) is 12.1. The topological polar surface area (TPSA) is 43.3 Å². The summed E-state index contributed by atoms with van der Waals surface area (Å²) in [6, 6.07) is 0.719. The van der Waals surface area contributed by atoms with E-state index in [2.05, 4.69) is 39.1 Å². The third-order valence-electron chi connectivity index (χ3n) is 6.28. The van der Waals surface area contributed by atoms with Gasteiger partial charge in [0.15, 0.2) is 5.96 Å². The van der Waals surface area contributed by atoms with Gasteiger partial charge < -0.3 is 19.9 Å². The molecule has 7 heteroatoms. The second-order valence-corrected chi connectivity index (χ2v) is 7.76. The van der Waals surface area contributed by atoms with Crippen molar-refractivity contribution in [3.8, 4) is 0 Å². The maximum atomic E-state index is 5.58. The molecular formula is C18H36IN5O. The molecule has 0 aliphatic carbocycles. The van der Waals surface area contributed by atoms with Gasteiger partial charge in [0.05, 0.1) is 0 Å². The zero-order valence-corrected chi connectivity index (χ0v) is 18.5. The maximum absolute atomic E-state index is 5.58. The standard InChI is InChI=1S/C18H35N5O.HI/c1-19-17(20-15-18(21(2)3)7-12-24-13-8-18)23-11-6-16(14-23)22-9-4-5-10-22;/h16H,4-15H2,1-3H3,(H,19,20);1H. The van der Waals surface area contributed by atoms with Crippen molar-refractivity contribution < 1.29 is 4.74 Å². The number of hydrogen-bond donors (Lipinski definition) is 1. The molecule has 3 aliphatic rings. The molecule has 1 N–H and O–H groups in total. The van der Waals surface area contributed by atoms with E-state index in [1.54, 1.807) is 0 Å². The summed E-state index contributed by atoms with van der Waals surface area (Å²) < 4.78 is 5.58. The number of likely N-dealkylation sites (tertiary alicyclic amines) is 2. The summed E-state index contributed by atoms with van der Waals surface area (Å²) in [6.07, 6.45) is 6.18. The fraction of sp³-hybridized carbons (Fsp3) is 0.944. The Bertz CT molecular complexity index is 433. The Morgan fingerprint density at radius 2 is 1.88 bits per heavy atom. The number of likely N-dealkylation sites (N-methyl/N-ethyl adjacent to an activating group) is 1. The van der Waals surface area contributed by atoms with E-state index in [9.17, 15) is 0 Å². The first kappa shape index (κ1) is 21.2. The van der Waals surface area contributed by atoms with E-state index in [1.165, 1.54) is 32.4 Å². The van der Waals surface area contributed by atoms with E-state index < -0.39 is 0 Å². The van der Waals surface area contributed by atoms with Gasteiger partial charge in [-0.1, -0.05) is 0 Å². The van der Waals surface area contributed by atoms with E-state index >= 15 is 0 Å². The Hall–Kier alpha value is -0.120. The number of halogens is 1. The first-order chi connectivity index (χ1) is 11.6. The van der Waals surface area contributed by atoms with E-state index in [-0.39, 0.29) is 29.5 Å². The van der Waals surface area contributed by atoms with E-state index in [0.29, 0.717) is 0 Å². The zero-order valence-electron chi connectivity index (χ0n) is 16.2. The lowest BCUT2D eigenvalue weighted by molar-refractivity contribution is -0.00522. The van der Waals surface area contributed by atoms with Crippen LogP contribution < -0.4 is 5.32 Å². The molecule has 0 saturated carbocycles. The van der Waals surface area contributed by atoms with Crippen LogP contribution in [0.4, 0.5) is 0 Å². The lowest BCUT2D eigenvalue weighted by atomic mass is 9.88. The van der Waals surface area contributed by atoms with Gasteiger partial charge in [-0.2, -0.15) is 0 Å². The maximum Gasteiger partial charge on any atom is 0.193 e. The number of nitrogens with zero attached hydrogens (tertiary/aromatic N) is 4. The van der Waals surface area contributed by atoms with Gasteiger partial charge in [0, 0.05) is 51.5 Å². The third kappa shape index (κ3) is 4.99. The molecule has 0 aromatic carbocycles. The molecular weight excluding hydrogens is 429 g/mol. The number of ether oxygens (including phenoxy) is 1. The lowest BCUT2D eigenvalue weighted by Gasteiger charge is -2.43. The Morgan fingerprint density at radius 1 is 1.20 bits per heavy atom. The van der Waals surface area contributed by atoms with E-state index in [4.69, 9.17) is 4.74 Å². The SMILES string of the molecule is CN=C(NCC1(N(C)C)CCOCC1)N1CCC(N2CCCC2)C1.I. The van der Waals surface area contributed by atoms with Crippen LogP contribution in [0.5, 0.6) is 0 Å². The summed E-state index contributed by atoms with van der Waals surface area (Å²) in [7, 11) is 6.29. The summed E-state index contributed by atoms with van der Waals surface area (Å²) in [5.74, 6) is 1.07. The molecule has 3 heterocycles. The second kappa shape index (κ2) is 9.71. The van der Waals surface area contributed by atoms with Crippen LogP contribution in [0.2, 0.25) is 0 Å². The monoisotopic (exact) mass is 465 g/mol. The van der Waals surface area contributed by atoms with Crippen LogP contribution in [0, 0.1) is 0 Å². The molecule has 0 amide bonds. The van der Waals surface area contributed by atoms with Gasteiger partial charge in [-0.05, 0) is 59.3 Å². The van der Waals surface area contributed by atoms with Gasteiger partial charge in [-0.3, -0.25) is 9.89 Å². The van der Waals surface area contributed by atoms with Crippen LogP contribution in [-0.2, 0) is 4.74 Å². The molecule has 3 rings (SSSR count). The second-order valence-electron chi connectivity index (χ2n) is 7.76. The molecule has 1 unspecified atom stereocenters. The highest BCUT2D eigenvalue weighted by molar-refractivity contribution is 14.0. The van der Waals surface area contributed by atoms with Crippen LogP contribution in [0.25, 0.3) is 0 Å². The van der Waals surface area contributed by atoms with Crippen molar-refractivity contribution in [1.82, 2.24) is 20.0 Å². The highest BCUT2D eigenvalue weighted by Gasteiger charge is 2.36. The van der Waals surface area contributed by atoms with Crippen molar-refractivity contribution in [1.29, 1.82) is 0 Å². The highest BCUT2D eigenvalue weighted by Crippen LogP contribution is 2.25. The average Bonchev–Trinajstić information content (AvgIpc) is 3.27. The van der Waals surface area contributed by atoms with Crippen LogP contribution >= 0.6 is 24.0 Å². The minimum absolute atomic E-state index is 0. The van der Waals surface area contributed by atoms with Gasteiger partial charge in [0.2, 0.25) is 0 Å². The molecule has 3 fully saturated rings. The highest BCUT2D eigenvalue weighted by atomic mass is 127. The summed E-state index contributed by atoms with van der Waals surface area (Å²) in [5, 5.41) is 3.67. The molecule has 6 nitrogen and oxygen atoms in total. The average molecular weight is 465 g/mol. The van der Waals surface area contributed by atoms with Gasteiger partial charge in [0.1, 0.15) is 0 Å². The number of nitrogens with one attached hydrogen (secondary N) is 1. The van der Waals surface area contributed by atoms with Crippen molar-refractivity contribution in [3.05, 3.63) is 0 Å². The number of aliphatic imine (C=N–C) groups is 1. The van der Waals surface area contributed by atoms with Crippen molar-refractivity contribution in [2.75, 3.05) is 67.1 Å². The molecule has 3 saturated heterocycles. The van der Waals surface area contributed by atoms with Crippen LogP contribution in [-0.4, -0.2) is 99.3 Å². The van der Waals surface area contributed by atoms with E-state index in [1.807, 2.05) is 7.05 Å². The minimum atomic E-state index is 0. The fourth-order valence-corrected chi connectivity index (χ4v) is 4.45. The predicted octanol–water partition coefficient (Wildman–Crippen LogP) is 1.46. The fourth-order valence-electron chi connectivity index (χ4n) is 4.45. The molecule has 1 atom stereocenters. The van der Waals surface area contributed by atoms with Gasteiger partial charge in [0.25, 0.3) is 0 Å². The Morgan fingerprint density at radius 3 is 2.48 bits per heavy atom. The molecule has 0 spiro atoms. The summed E-state index contributed by atoms with van der Waals surface area (Å²) in [5.41, 5.74) is 0.183. The quantitative estimate of drug-likeness (QED) is 0.387. The Balaban J connectivity index is 0.00000225. The minimum Gasteiger partial charge on any atom is -0.381 e. The van der Waals surface area contributed by atoms with E-state index in [0.717, 1.165) is 57.7 Å². The van der Waals surface area contributed by atoms with Gasteiger partial charge >= 0.3 is 0 Å². The molecule has 3 aliphatic heterocycles. The smallest absolute Gasteiger partial charge is 0.193 e. The van der Waals surface area contributed by atoms with Crippen LogP contribution in [0.3, 0.4) is 0 Å². The zero-order chi connectivity index (χ0) is 17.0. The molecule has 0 bridgehead atoms. The first-order valence-electron chi connectivity index (χ1n) is 9.59. The Labute approximate surface area is 170 Å². The lowest BCUT2D eigenvalue weighted by Crippen LogP contribution is -2.57. The molecule has 146 valence electrons. The molecule has 0 radical (unpaired) electrons. The largest absolute Gasteiger partial charge is 0.381 e. The molecule has 25 heavy (non-hydrogen) atoms. The van der Waals surface area contributed by atoms with Crippen LogP contribution in [0.15, 0.2) is 4.99 Å². The number of hydrogen-bond acceptors (Lipinski definition) is 4. The summed E-state index contributed by atoms with van der Waals surface area (Å²) in [6.45, 7) is 7.48. The Kier molecular flexibility index (Phi) is 8.23. The number of rotatable bonds is 4. The van der Waals surface area contributed by atoms with Crippen LogP contribution in [0.1, 0.15) is 32.1 Å². The van der Waals surface area contributed by atoms with Gasteiger partial charge in [-0.25, -0.2) is 0 Å². The molecule has 0 aromatic rings. The molecule has 0 aromatic heterocycles. The van der Waals surface area contributed by atoms with Crippen molar-refractivity contribution in [2.45, 2.75) is 43.7 Å². The predicted molar refractivity (Wildman–Crippen MR) is 114 cm³/mol. The normalized spacial score (nSPS) is 27.6. The van der Waals surface area contributed by atoms with Crippen molar-refractivity contribution >= 4 is 29.9 Å². The summed E-state index contributed by atoms with van der Waals surface area (Å²) >= 11 is 0. The van der Waals surface area contributed by atoms with Crippen molar-refractivity contribution in [3.63, 3.8) is 0 Å². The first-order valence-corrected chi connectivity index (χ1v) is 9.59. The van der Waals surface area contributed by atoms with Crippen molar-refractivity contribution in [2.24, 2.45) is 4.99 Å².